The fourth-order valence-corrected chi connectivity index (χ4v) is 2.42. The first-order chi connectivity index (χ1) is 9.34. The lowest BCUT2D eigenvalue weighted by molar-refractivity contribution is -0.146. The van der Waals surface area contributed by atoms with Gasteiger partial charge in [-0.05, 0) is 44.4 Å². The molecule has 20 heavy (non-hydrogen) atoms. The number of hydrogen-bond donors (Lipinski definition) is 2. The van der Waals surface area contributed by atoms with E-state index >= 15 is 0 Å². The molecule has 2 rings (SSSR count). The lowest BCUT2D eigenvalue weighted by Crippen LogP contribution is -2.52. The van der Waals surface area contributed by atoms with Crippen molar-refractivity contribution in [3.8, 4) is 0 Å². The quantitative estimate of drug-likeness (QED) is 0.874. The highest BCUT2D eigenvalue weighted by atomic mass is 19.1. The number of amides is 2. The van der Waals surface area contributed by atoms with Crippen molar-refractivity contribution < 1.29 is 19.1 Å². The summed E-state index contributed by atoms with van der Waals surface area (Å²) in [5.74, 6) is -1.48. The summed E-state index contributed by atoms with van der Waals surface area (Å²) < 4.78 is 13.2. The first-order valence-corrected chi connectivity index (χ1v) is 6.43. The number of hydrogen-bond acceptors (Lipinski definition) is 2. The fourth-order valence-electron chi connectivity index (χ4n) is 2.42. The van der Waals surface area contributed by atoms with Gasteiger partial charge in [0, 0.05) is 12.2 Å². The van der Waals surface area contributed by atoms with Gasteiger partial charge in [-0.15, -0.1) is 0 Å². The monoisotopic (exact) mass is 280 g/mol. The van der Waals surface area contributed by atoms with Crippen LogP contribution in [-0.2, 0) is 4.79 Å². The van der Waals surface area contributed by atoms with Gasteiger partial charge in [0.2, 0.25) is 0 Å². The minimum atomic E-state index is -1.20. The van der Waals surface area contributed by atoms with Crippen LogP contribution < -0.4 is 5.32 Å². The van der Waals surface area contributed by atoms with E-state index < -0.39 is 23.4 Å². The van der Waals surface area contributed by atoms with Gasteiger partial charge in [-0.1, -0.05) is 6.07 Å². The maximum Gasteiger partial charge on any atom is 0.329 e. The van der Waals surface area contributed by atoms with Gasteiger partial charge in [0.25, 0.3) is 0 Å². The summed E-state index contributed by atoms with van der Waals surface area (Å²) in [6.07, 6.45) is 1.05. The standard InChI is InChI=1S/C14H17FN2O3/c1-9-4-5-10(15)8-11(9)16-13(20)17-7-3-6-14(17,2)12(18)19/h4-5,8H,3,6-7H2,1-2H3,(H,16,20)(H,18,19). The summed E-state index contributed by atoms with van der Waals surface area (Å²) in [7, 11) is 0. The molecule has 108 valence electrons. The highest BCUT2D eigenvalue weighted by Gasteiger charge is 2.46. The summed E-state index contributed by atoms with van der Waals surface area (Å²) in [6.45, 7) is 3.65. The molecule has 0 spiro atoms. The first-order valence-electron chi connectivity index (χ1n) is 6.43. The molecule has 1 saturated heterocycles. The molecular weight excluding hydrogens is 263 g/mol. The number of carboxylic acids is 1. The van der Waals surface area contributed by atoms with Crippen LogP contribution in [0.15, 0.2) is 18.2 Å². The van der Waals surface area contributed by atoms with Crippen molar-refractivity contribution in [2.75, 3.05) is 11.9 Å². The third-order valence-corrected chi connectivity index (χ3v) is 3.79. The zero-order valence-electron chi connectivity index (χ0n) is 11.4. The van der Waals surface area contributed by atoms with E-state index in [1.165, 1.54) is 24.0 Å². The largest absolute Gasteiger partial charge is 0.480 e. The number of anilines is 1. The number of carbonyl (C=O) groups excluding carboxylic acids is 1. The van der Waals surface area contributed by atoms with Gasteiger partial charge in [-0.2, -0.15) is 0 Å². The van der Waals surface area contributed by atoms with E-state index in [9.17, 15) is 19.1 Å². The molecule has 1 aromatic carbocycles. The predicted molar refractivity (Wildman–Crippen MR) is 72.1 cm³/mol. The van der Waals surface area contributed by atoms with E-state index in [2.05, 4.69) is 5.32 Å². The minimum absolute atomic E-state index is 0.356. The second kappa shape index (κ2) is 5.11. The summed E-state index contributed by atoms with van der Waals surface area (Å²) >= 11 is 0. The molecule has 1 unspecified atom stereocenters. The average molecular weight is 280 g/mol. The normalized spacial score (nSPS) is 21.9. The molecule has 1 aromatic rings. The zero-order chi connectivity index (χ0) is 14.9. The molecule has 0 aliphatic carbocycles. The van der Waals surface area contributed by atoms with Crippen LogP contribution in [0.5, 0.6) is 0 Å². The molecule has 1 fully saturated rings. The lowest BCUT2D eigenvalue weighted by atomic mass is 10.00. The van der Waals surface area contributed by atoms with Crippen LogP contribution in [0, 0.1) is 12.7 Å². The number of nitrogens with one attached hydrogen (secondary N) is 1. The SMILES string of the molecule is Cc1ccc(F)cc1NC(=O)N1CCCC1(C)C(=O)O. The Morgan fingerprint density at radius 2 is 2.15 bits per heavy atom. The molecule has 1 heterocycles. The molecule has 5 nitrogen and oxygen atoms in total. The number of carbonyl (C=O) groups is 2. The Bertz CT molecular complexity index is 561. The summed E-state index contributed by atoms with van der Waals surface area (Å²) in [5, 5.41) is 11.9. The van der Waals surface area contributed by atoms with Crippen molar-refractivity contribution in [3.63, 3.8) is 0 Å². The Kier molecular flexibility index (Phi) is 3.65. The van der Waals surface area contributed by atoms with Crippen molar-refractivity contribution in [2.45, 2.75) is 32.2 Å². The number of aryl methyl sites for hydroxylation is 1. The maximum atomic E-state index is 13.2. The van der Waals surface area contributed by atoms with Crippen LogP contribution in [0.25, 0.3) is 0 Å². The van der Waals surface area contributed by atoms with E-state index in [0.29, 0.717) is 25.1 Å². The van der Waals surface area contributed by atoms with Crippen LogP contribution >= 0.6 is 0 Å². The molecule has 1 atom stereocenters. The molecule has 0 radical (unpaired) electrons. The summed E-state index contributed by atoms with van der Waals surface area (Å²) in [6, 6.07) is 3.58. The average Bonchev–Trinajstić information content (AvgIpc) is 2.77. The Morgan fingerprint density at radius 1 is 1.45 bits per heavy atom. The number of benzene rings is 1. The van der Waals surface area contributed by atoms with E-state index in [4.69, 9.17) is 0 Å². The van der Waals surface area contributed by atoms with Crippen molar-refractivity contribution in [3.05, 3.63) is 29.6 Å². The number of carboxylic acid groups (broad SMARTS) is 1. The molecule has 0 bridgehead atoms. The minimum Gasteiger partial charge on any atom is -0.480 e. The molecule has 6 heteroatoms. The molecule has 2 N–H and O–H groups in total. The maximum absolute atomic E-state index is 13.2. The first kappa shape index (κ1) is 14.3. The van der Waals surface area contributed by atoms with Crippen molar-refractivity contribution >= 4 is 17.7 Å². The number of rotatable bonds is 2. The van der Waals surface area contributed by atoms with Gasteiger partial charge in [-0.25, -0.2) is 14.0 Å². The van der Waals surface area contributed by atoms with Gasteiger partial charge in [0.05, 0.1) is 0 Å². The lowest BCUT2D eigenvalue weighted by Gasteiger charge is -2.31. The Balaban J connectivity index is 2.20. The van der Waals surface area contributed by atoms with Crippen molar-refractivity contribution in [2.24, 2.45) is 0 Å². The van der Waals surface area contributed by atoms with Crippen LogP contribution in [-0.4, -0.2) is 34.1 Å². The number of aliphatic carboxylic acids is 1. The van der Waals surface area contributed by atoms with E-state index in [0.717, 1.165) is 5.56 Å². The summed E-state index contributed by atoms with van der Waals surface area (Å²) in [4.78, 5) is 24.8. The Labute approximate surface area is 116 Å². The number of halogens is 1. The van der Waals surface area contributed by atoms with Gasteiger partial charge in [-0.3, -0.25) is 0 Å². The molecule has 0 saturated carbocycles. The molecule has 1 aliphatic heterocycles. The molecule has 2 amide bonds. The number of likely N-dealkylation sites (tertiary alicyclic amines) is 1. The van der Waals surface area contributed by atoms with Gasteiger partial charge in [0.15, 0.2) is 0 Å². The topological polar surface area (TPSA) is 69.6 Å². The van der Waals surface area contributed by atoms with Crippen LogP contribution in [0.2, 0.25) is 0 Å². The van der Waals surface area contributed by atoms with Crippen LogP contribution in [0.3, 0.4) is 0 Å². The van der Waals surface area contributed by atoms with Crippen LogP contribution in [0.4, 0.5) is 14.9 Å². The van der Waals surface area contributed by atoms with Gasteiger partial charge >= 0.3 is 12.0 Å². The van der Waals surface area contributed by atoms with Gasteiger partial charge < -0.3 is 15.3 Å². The molecule has 1 aliphatic rings. The molecule has 0 aromatic heterocycles. The van der Waals surface area contributed by atoms with Crippen LogP contribution in [0.1, 0.15) is 25.3 Å². The smallest absolute Gasteiger partial charge is 0.329 e. The molecular formula is C14H17FN2O3. The number of urea groups is 1. The third kappa shape index (κ3) is 2.45. The summed E-state index contributed by atoms with van der Waals surface area (Å²) in [5.41, 5.74) is -0.128. The van der Waals surface area contributed by atoms with Gasteiger partial charge in [0.1, 0.15) is 11.4 Å². The van der Waals surface area contributed by atoms with Crippen molar-refractivity contribution in [1.29, 1.82) is 0 Å². The van der Waals surface area contributed by atoms with E-state index in [-0.39, 0.29) is 0 Å². The van der Waals surface area contributed by atoms with E-state index in [1.807, 2.05) is 0 Å². The zero-order valence-corrected chi connectivity index (χ0v) is 11.4. The van der Waals surface area contributed by atoms with E-state index in [1.54, 1.807) is 13.0 Å². The fraction of sp³-hybridized carbons (Fsp3) is 0.429. The highest BCUT2D eigenvalue weighted by molar-refractivity contribution is 5.94. The second-order valence-corrected chi connectivity index (χ2v) is 5.22. The third-order valence-electron chi connectivity index (χ3n) is 3.79. The Hall–Kier alpha value is -2.11. The predicted octanol–water partition coefficient (Wildman–Crippen LogP) is 2.61. The Morgan fingerprint density at radius 3 is 2.80 bits per heavy atom. The van der Waals surface area contributed by atoms with Crippen molar-refractivity contribution in [1.82, 2.24) is 4.90 Å². The second-order valence-electron chi connectivity index (χ2n) is 5.22. The number of nitrogens with zero attached hydrogens (tertiary/aromatic N) is 1. The highest BCUT2D eigenvalue weighted by Crippen LogP contribution is 2.30.